The number of nitrogen functional groups attached to an aromatic ring is 1. The summed E-state index contributed by atoms with van der Waals surface area (Å²) in [6, 6.07) is 18.0. The van der Waals surface area contributed by atoms with Crippen LogP contribution in [0.5, 0.6) is 11.6 Å². The van der Waals surface area contributed by atoms with E-state index in [0.717, 1.165) is 16.8 Å². The maximum atomic E-state index is 11.6. The number of carbonyl (C=O) groups excluding carboxylic acids is 1. The smallest absolute Gasteiger partial charge is 0.337 e. The Bertz CT molecular complexity index is 862. The molecule has 0 bridgehead atoms. The van der Waals surface area contributed by atoms with Gasteiger partial charge in [0.2, 0.25) is 5.88 Å². The molecule has 0 radical (unpaired) electrons. The number of anilines is 1. The Morgan fingerprint density at radius 1 is 1.04 bits per heavy atom. The number of rotatable bonds is 5. The highest BCUT2D eigenvalue weighted by atomic mass is 16.5. The molecule has 126 valence electrons. The number of esters is 1. The van der Waals surface area contributed by atoms with Gasteiger partial charge in [-0.25, -0.2) is 9.78 Å². The second kappa shape index (κ2) is 7.46. The monoisotopic (exact) mass is 335 g/mol. The minimum Gasteiger partial charge on any atom is -0.465 e. The van der Waals surface area contributed by atoms with Crippen molar-refractivity contribution in [2.75, 3.05) is 12.5 Å². The van der Waals surface area contributed by atoms with Gasteiger partial charge in [-0.3, -0.25) is 5.84 Å². The van der Waals surface area contributed by atoms with Gasteiger partial charge in [-0.2, -0.15) is 0 Å². The molecule has 6 heteroatoms. The largest absolute Gasteiger partial charge is 0.465 e. The summed E-state index contributed by atoms with van der Waals surface area (Å²) >= 11 is 0. The predicted octanol–water partition coefficient (Wildman–Crippen LogP) is 3.61. The molecule has 0 amide bonds. The van der Waals surface area contributed by atoms with E-state index in [0.29, 0.717) is 17.2 Å². The van der Waals surface area contributed by atoms with Gasteiger partial charge in [0.05, 0.1) is 12.7 Å². The van der Waals surface area contributed by atoms with E-state index in [2.05, 4.69) is 10.4 Å². The zero-order chi connectivity index (χ0) is 17.6. The SMILES string of the molecule is COC(=O)c1cccc(-c2ccc(Oc3ccc(NN)cc3)nc2)c1. The quantitative estimate of drug-likeness (QED) is 0.421. The van der Waals surface area contributed by atoms with E-state index >= 15 is 0 Å². The molecule has 2 aromatic carbocycles. The van der Waals surface area contributed by atoms with Gasteiger partial charge in [0.25, 0.3) is 0 Å². The summed E-state index contributed by atoms with van der Waals surface area (Å²) in [7, 11) is 1.36. The van der Waals surface area contributed by atoms with E-state index in [-0.39, 0.29) is 5.97 Å². The van der Waals surface area contributed by atoms with Gasteiger partial charge in [0.15, 0.2) is 0 Å². The van der Waals surface area contributed by atoms with Crippen molar-refractivity contribution in [2.24, 2.45) is 5.84 Å². The zero-order valence-corrected chi connectivity index (χ0v) is 13.6. The molecule has 0 atom stereocenters. The van der Waals surface area contributed by atoms with Gasteiger partial charge >= 0.3 is 5.97 Å². The van der Waals surface area contributed by atoms with E-state index in [1.807, 2.05) is 24.3 Å². The fraction of sp³-hybridized carbons (Fsp3) is 0.0526. The van der Waals surface area contributed by atoms with Crippen LogP contribution in [0.15, 0.2) is 66.9 Å². The van der Waals surface area contributed by atoms with Crippen molar-refractivity contribution < 1.29 is 14.3 Å². The number of hydrogen-bond acceptors (Lipinski definition) is 6. The first-order valence-corrected chi connectivity index (χ1v) is 7.59. The Morgan fingerprint density at radius 3 is 2.48 bits per heavy atom. The van der Waals surface area contributed by atoms with Crippen molar-refractivity contribution in [3.8, 4) is 22.8 Å². The lowest BCUT2D eigenvalue weighted by molar-refractivity contribution is 0.0601. The van der Waals surface area contributed by atoms with Gasteiger partial charge < -0.3 is 14.9 Å². The number of hydrazine groups is 1. The summed E-state index contributed by atoms with van der Waals surface area (Å²) in [4.78, 5) is 15.9. The van der Waals surface area contributed by atoms with Gasteiger partial charge in [-0.15, -0.1) is 0 Å². The van der Waals surface area contributed by atoms with Crippen LogP contribution in [0.4, 0.5) is 5.69 Å². The number of ether oxygens (including phenoxy) is 2. The lowest BCUT2D eigenvalue weighted by atomic mass is 10.0. The van der Waals surface area contributed by atoms with Crippen molar-refractivity contribution in [3.05, 3.63) is 72.4 Å². The maximum absolute atomic E-state index is 11.6. The van der Waals surface area contributed by atoms with Gasteiger partial charge in [-0.1, -0.05) is 12.1 Å². The molecule has 1 aromatic heterocycles. The number of benzene rings is 2. The van der Waals surface area contributed by atoms with E-state index in [1.54, 1.807) is 42.6 Å². The number of carbonyl (C=O) groups is 1. The Labute approximate surface area is 145 Å². The van der Waals surface area contributed by atoms with Crippen LogP contribution in [0, 0.1) is 0 Å². The Morgan fingerprint density at radius 2 is 1.84 bits per heavy atom. The van der Waals surface area contributed by atoms with Crippen molar-refractivity contribution >= 4 is 11.7 Å². The number of methoxy groups -OCH3 is 1. The molecule has 6 nitrogen and oxygen atoms in total. The molecule has 3 N–H and O–H groups in total. The van der Waals surface area contributed by atoms with Crippen LogP contribution >= 0.6 is 0 Å². The lowest BCUT2D eigenvalue weighted by Crippen LogP contribution is -2.05. The molecule has 0 saturated carbocycles. The summed E-state index contributed by atoms with van der Waals surface area (Å²) in [6.45, 7) is 0. The van der Waals surface area contributed by atoms with Gasteiger partial charge in [-0.05, 0) is 48.0 Å². The summed E-state index contributed by atoms with van der Waals surface area (Å²) in [5.41, 5.74) is 5.59. The standard InChI is InChI=1S/C19H17N3O3/c1-24-19(23)14-4-2-3-13(11-14)15-5-10-18(21-12-15)25-17-8-6-16(22-20)7-9-17/h2-12,22H,20H2,1H3. The third kappa shape index (κ3) is 3.94. The van der Waals surface area contributed by atoms with Crippen LogP contribution in [0.25, 0.3) is 11.1 Å². The van der Waals surface area contributed by atoms with Crippen molar-refractivity contribution in [2.45, 2.75) is 0 Å². The van der Waals surface area contributed by atoms with Crippen molar-refractivity contribution in [1.82, 2.24) is 4.98 Å². The number of nitrogens with two attached hydrogens (primary N) is 1. The highest BCUT2D eigenvalue weighted by molar-refractivity contribution is 5.90. The molecular formula is C19H17N3O3. The Balaban J connectivity index is 1.76. The fourth-order valence-corrected chi connectivity index (χ4v) is 2.29. The number of aromatic nitrogens is 1. The first-order valence-electron chi connectivity index (χ1n) is 7.59. The van der Waals surface area contributed by atoms with Crippen molar-refractivity contribution in [3.63, 3.8) is 0 Å². The molecule has 0 saturated heterocycles. The van der Waals surface area contributed by atoms with Crippen LogP contribution in [0.1, 0.15) is 10.4 Å². The third-order valence-corrected chi connectivity index (χ3v) is 3.60. The van der Waals surface area contributed by atoms with Crippen LogP contribution in [-0.4, -0.2) is 18.1 Å². The van der Waals surface area contributed by atoms with Crippen LogP contribution in [-0.2, 0) is 4.74 Å². The summed E-state index contributed by atoms with van der Waals surface area (Å²) < 4.78 is 10.4. The Hall–Kier alpha value is -3.38. The molecule has 0 aliphatic heterocycles. The summed E-state index contributed by atoms with van der Waals surface area (Å²) in [5.74, 6) is 6.09. The average Bonchev–Trinajstić information content (AvgIpc) is 2.68. The fourth-order valence-electron chi connectivity index (χ4n) is 2.29. The second-order valence-electron chi connectivity index (χ2n) is 5.23. The third-order valence-electron chi connectivity index (χ3n) is 3.60. The van der Waals surface area contributed by atoms with Gasteiger partial charge in [0, 0.05) is 23.5 Å². The molecule has 0 aliphatic carbocycles. The first-order chi connectivity index (χ1) is 12.2. The average molecular weight is 335 g/mol. The molecule has 25 heavy (non-hydrogen) atoms. The highest BCUT2D eigenvalue weighted by Crippen LogP contribution is 2.25. The van der Waals surface area contributed by atoms with E-state index in [9.17, 15) is 4.79 Å². The second-order valence-corrected chi connectivity index (χ2v) is 5.23. The van der Waals surface area contributed by atoms with E-state index in [4.69, 9.17) is 15.3 Å². The van der Waals surface area contributed by atoms with Crippen LogP contribution < -0.4 is 16.0 Å². The minimum atomic E-state index is -0.370. The molecule has 0 fully saturated rings. The molecule has 1 heterocycles. The molecular weight excluding hydrogens is 318 g/mol. The topological polar surface area (TPSA) is 86.5 Å². The number of pyridine rings is 1. The normalized spacial score (nSPS) is 10.2. The van der Waals surface area contributed by atoms with E-state index < -0.39 is 0 Å². The Kier molecular flexibility index (Phi) is 4.92. The van der Waals surface area contributed by atoms with Crippen molar-refractivity contribution in [1.29, 1.82) is 0 Å². The number of nitrogens with one attached hydrogen (secondary N) is 1. The highest BCUT2D eigenvalue weighted by Gasteiger charge is 2.07. The lowest BCUT2D eigenvalue weighted by Gasteiger charge is -2.07. The molecule has 0 aliphatic rings. The minimum absolute atomic E-state index is 0.370. The van der Waals surface area contributed by atoms with E-state index in [1.165, 1.54) is 7.11 Å². The number of nitrogens with zero attached hydrogens (tertiary/aromatic N) is 1. The maximum Gasteiger partial charge on any atom is 0.337 e. The number of hydrogen-bond donors (Lipinski definition) is 2. The zero-order valence-electron chi connectivity index (χ0n) is 13.6. The van der Waals surface area contributed by atoms with Crippen LogP contribution in [0.3, 0.4) is 0 Å². The molecule has 3 rings (SSSR count). The van der Waals surface area contributed by atoms with Gasteiger partial charge in [0.1, 0.15) is 5.75 Å². The van der Waals surface area contributed by atoms with Crippen LogP contribution in [0.2, 0.25) is 0 Å². The summed E-state index contributed by atoms with van der Waals surface area (Å²) in [6.07, 6.45) is 1.70. The molecule has 0 unspecified atom stereocenters. The summed E-state index contributed by atoms with van der Waals surface area (Å²) in [5, 5.41) is 0. The molecule has 0 spiro atoms. The molecule has 3 aromatic rings. The predicted molar refractivity (Wildman–Crippen MR) is 95.3 cm³/mol. The first kappa shape index (κ1) is 16.5.